The number of benzene rings is 4. The molecule has 0 N–H and O–H groups in total. The smallest absolute Gasteiger partial charge is 0.0713 e. The molecule has 1 unspecified atom stereocenters. The molecule has 0 fully saturated rings. The Bertz CT molecular complexity index is 1170. The van der Waals surface area contributed by atoms with Gasteiger partial charge < -0.3 is 0 Å². The molecule has 134 valence electrons. The lowest BCUT2D eigenvalue weighted by Gasteiger charge is -2.34. The molecule has 0 spiro atoms. The van der Waals surface area contributed by atoms with Gasteiger partial charge in [-0.15, -0.1) is 0 Å². The van der Waals surface area contributed by atoms with Crippen LogP contribution in [0, 0.1) is 0 Å². The summed E-state index contributed by atoms with van der Waals surface area (Å²) in [4.78, 5) is 0. The van der Waals surface area contributed by atoms with Crippen LogP contribution in [0.2, 0.25) is 0 Å². The fraction of sp³-hybridized carbons (Fsp3) is 0.0370. The molecule has 1 aliphatic carbocycles. The highest BCUT2D eigenvalue weighted by Crippen LogP contribution is 2.56. The van der Waals surface area contributed by atoms with Gasteiger partial charge in [-0.1, -0.05) is 114 Å². The van der Waals surface area contributed by atoms with E-state index in [-0.39, 0.29) is 5.41 Å². The zero-order valence-electron chi connectivity index (χ0n) is 15.4. The zero-order chi connectivity index (χ0) is 19.1. The molecule has 0 bridgehead atoms. The highest BCUT2D eigenvalue weighted by atomic mass is 79.9. The summed E-state index contributed by atoms with van der Waals surface area (Å²) in [7, 11) is 0. The lowest BCUT2D eigenvalue weighted by atomic mass is 9.67. The molecular formula is C27H19Br. The van der Waals surface area contributed by atoms with Gasteiger partial charge in [0, 0.05) is 4.47 Å². The number of rotatable bonds is 3. The summed E-state index contributed by atoms with van der Waals surface area (Å²) >= 11 is 3.72. The standard InChI is InChI=1S/C27H19Br/c1-2-19-12-14-21(15-13-19)27(20-8-4-3-5-9-20)25-11-7-6-10-23(25)24-17-16-22(28)18-26(24)27/h2-18H,1H2. The Kier molecular flexibility index (Phi) is 4.07. The highest BCUT2D eigenvalue weighted by molar-refractivity contribution is 9.10. The first-order valence-electron chi connectivity index (χ1n) is 9.43. The average Bonchev–Trinajstić information content (AvgIpc) is 3.05. The summed E-state index contributed by atoms with van der Waals surface area (Å²) in [6.07, 6.45) is 1.89. The molecule has 1 heteroatoms. The Morgan fingerprint density at radius 2 is 1.29 bits per heavy atom. The van der Waals surface area contributed by atoms with E-state index in [4.69, 9.17) is 0 Å². The second kappa shape index (κ2) is 6.61. The van der Waals surface area contributed by atoms with Crippen molar-refractivity contribution in [3.63, 3.8) is 0 Å². The van der Waals surface area contributed by atoms with Gasteiger partial charge in [-0.3, -0.25) is 0 Å². The summed E-state index contributed by atoms with van der Waals surface area (Å²) in [6, 6.07) is 35.1. The van der Waals surface area contributed by atoms with E-state index in [1.54, 1.807) is 0 Å². The normalized spacial score (nSPS) is 17.0. The van der Waals surface area contributed by atoms with Crippen molar-refractivity contribution >= 4 is 22.0 Å². The zero-order valence-corrected chi connectivity index (χ0v) is 17.0. The maximum absolute atomic E-state index is 3.91. The van der Waals surface area contributed by atoms with Crippen LogP contribution >= 0.6 is 15.9 Å². The molecule has 0 radical (unpaired) electrons. The second-order valence-corrected chi connectivity index (χ2v) is 8.09. The van der Waals surface area contributed by atoms with E-state index in [1.165, 1.54) is 33.4 Å². The summed E-state index contributed by atoms with van der Waals surface area (Å²) in [5.41, 5.74) is 8.61. The van der Waals surface area contributed by atoms with Crippen LogP contribution in [-0.2, 0) is 5.41 Å². The fourth-order valence-corrected chi connectivity index (χ4v) is 4.96. The molecular weight excluding hydrogens is 404 g/mol. The molecule has 1 aliphatic rings. The van der Waals surface area contributed by atoms with E-state index in [2.05, 4.69) is 120 Å². The van der Waals surface area contributed by atoms with Crippen molar-refractivity contribution in [1.29, 1.82) is 0 Å². The molecule has 0 saturated carbocycles. The molecule has 5 rings (SSSR count). The average molecular weight is 423 g/mol. The molecule has 1 atom stereocenters. The first-order valence-corrected chi connectivity index (χ1v) is 10.2. The van der Waals surface area contributed by atoms with E-state index < -0.39 is 0 Å². The SMILES string of the molecule is C=Cc1ccc(C2(c3ccccc3)c3ccccc3-c3ccc(Br)cc32)cc1. The summed E-state index contributed by atoms with van der Waals surface area (Å²) in [5.74, 6) is 0. The van der Waals surface area contributed by atoms with E-state index in [1.807, 2.05) is 6.08 Å². The van der Waals surface area contributed by atoms with Gasteiger partial charge in [-0.25, -0.2) is 0 Å². The van der Waals surface area contributed by atoms with Crippen LogP contribution in [0.4, 0.5) is 0 Å². The van der Waals surface area contributed by atoms with E-state index >= 15 is 0 Å². The van der Waals surface area contributed by atoms with Crippen molar-refractivity contribution in [2.45, 2.75) is 5.41 Å². The predicted octanol–water partition coefficient (Wildman–Crippen LogP) is 7.46. The topological polar surface area (TPSA) is 0 Å². The van der Waals surface area contributed by atoms with Crippen LogP contribution in [0.1, 0.15) is 27.8 Å². The van der Waals surface area contributed by atoms with Gasteiger partial charge in [0.15, 0.2) is 0 Å². The quantitative estimate of drug-likeness (QED) is 0.283. The molecule has 0 aromatic heterocycles. The molecule has 4 aromatic carbocycles. The Morgan fingerprint density at radius 1 is 0.643 bits per heavy atom. The molecule has 28 heavy (non-hydrogen) atoms. The van der Waals surface area contributed by atoms with Gasteiger partial charge in [0.2, 0.25) is 0 Å². The van der Waals surface area contributed by atoms with Crippen LogP contribution in [0.15, 0.2) is 108 Å². The van der Waals surface area contributed by atoms with Crippen LogP contribution in [-0.4, -0.2) is 0 Å². The molecule has 0 saturated heterocycles. The number of hydrogen-bond donors (Lipinski definition) is 0. The minimum Gasteiger partial charge on any atom is -0.0985 e. The maximum Gasteiger partial charge on any atom is 0.0713 e. The molecule has 0 nitrogen and oxygen atoms in total. The summed E-state index contributed by atoms with van der Waals surface area (Å²) in [5, 5.41) is 0. The minimum absolute atomic E-state index is 0.337. The summed E-state index contributed by atoms with van der Waals surface area (Å²) in [6.45, 7) is 3.91. The van der Waals surface area contributed by atoms with Crippen LogP contribution < -0.4 is 0 Å². The van der Waals surface area contributed by atoms with Crippen LogP contribution in [0.5, 0.6) is 0 Å². The van der Waals surface area contributed by atoms with Gasteiger partial charge in [0.1, 0.15) is 0 Å². The van der Waals surface area contributed by atoms with Gasteiger partial charge in [0.05, 0.1) is 5.41 Å². The van der Waals surface area contributed by atoms with Crippen molar-refractivity contribution in [2.24, 2.45) is 0 Å². The summed E-state index contributed by atoms with van der Waals surface area (Å²) < 4.78 is 1.10. The third kappa shape index (κ3) is 2.36. The number of hydrogen-bond acceptors (Lipinski definition) is 0. The first-order chi connectivity index (χ1) is 13.7. The predicted molar refractivity (Wildman–Crippen MR) is 122 cm³/mol. The Hall–Kier alpha value is -2.90. The van der Waals surface area contributed by atoms with Crippen LogP contribution in [0.25, 0.3) is 17.2 Å². The van der Waals surface area contributed by atoms with Crippen LogP contribution in [0.3, 0.4) is 0 Å². The maximum atomic E-state index is 3.91. The van der Waals surface area contributed by atoms with Crippen molar-refractivity contribution in [3.05, 3.63) is 136 Å². The molecule has 0 heterocycles. The van der Waals surface area contributed by atoms with E-state index in [0.29, 0.717) is 0 Å². The lowest BCUT2D eigenvalue weighted by molar-refractivity contribution is 0.768. The van der Waals surface area contributed by atoms with Gasteiger partial charge in [0.25, 0.3) is 0 Å². The fourth-order valence-electron chi connectivity index (χ4n) is 4.60. The van der Waals surface area contributed by atoms with Crippen molar-refractivity contribution < 1.29 is 0 Å². The molecule has 0 amide bonds. The number of fused-ring (bicyclic) bond motifs is 3. The van der Waals surface area contributed by atoms with E-state index in [9.17, 15) is 0 Å². The third-order valence-corrected chi connectivity index (χ3v) is 6.29. The van der Waals surface area contributed by atoms with E-state index in [0.717, 1.165) is 10.0 Å². The van der Waals surface area contributed by atoms with Gasteiger partial charge in [-0.2, -0.15) is 0 Å². The first kappa shape index (κ1) is 17.2. The Morgan fingerprint density at radius 3 is 2.04 bits per heavy atom. The highest BCUT2D eigenvalue weighted by Gasteiger charge is 2.45. The van der Waals surface area contributed by atoms with Crippen molar-refractivity contribution in [2.75, 3.05) is 0 Å². The lowest BCUT2D eigenvalue weighted by Crippen LogP contribution is -2.28. The van der Waals surface area contributed by atoms with Gasteiger partial charge in [-0.05, 0) is 51.1 Å². The Balaban J connectivity index is 1.94. The third-order valence-electron chi connectivity index (χ3n) is 5.79. The monoisotopic (exact) mass is 422 g/mol. The van der Waals surface area contributed by atoms with Gasteiger partial charge >= 0.3 is 0 Å². The minimum atomic E-state index is -0.337. The van der Waals surface area contributed by atoms with Crippen molar-refractivity contribution in [1.82, 2.24) is 0 Å². The van der Waals surface area contributed by atoms with Crippen molar-refractivity contribution in [3.8, 4) is 11.1 Å². The Labute approximate surface area is 174 Å². The molecule has 0 aliphatic heterocycles. The largest absolute Gasteiger partial charge is 0.0985 e. The number of halogens is 1. The second-order valence-electron chi connectivity index (χ2n) is 7.18. The molecule has 4 aromatic rings.